The van der Waals surface area contributed by atoms with E-state index in [-0.39, 0.29) is 22.2 Å². The molecule has 1 heterocycles. The van der Waals surface area contributed by atoms with Crippen LogP contribution in [0.15, 0.2) is 39.8 Å². The number of aromatic carboxylic acids is 1. The van der Waals surface area contributed by atoms with Crippen molar-refractivity contribution in [1.82, 2.24) is 0 Å². The number of hydrogen-bond donors (Lipinski definition) is 1. The maximum atomic E-state index is 13.0. The van der Waals surface area contributed by atoms with Crippen molar-refractivity contribution < 1.29 is 27.3 Å². The van der Waals surface area contributed by atoms with E-state index in [4.69, 9.17) is 9.52 Å². The Kier molecular flexibility index (Phi) is 3.75. The predicted octanol–water partition coefficient (Wildman–Crippen LogP) is 2.56. The molecule has 0 aliphatic rings. The Labute approximate surface area is 109 Å². The Morgan fingerprint density at radius 2 is 1.84 bits per heavy atom. The summed E-state index contributed by atoms with van der Waals surface area (Å²) in [5, 5.41) is 8.60. The molecule has 1 N–H and O–H groups in total. The van der Waals surface area contributed by atoms with E-state index < -0.39 is 28.4 Å². The summed E-state index contributed by atoms with van der Waals surface area (Å²) in [5.74, 6) is -3.31. The predicted molar refractivity (Wildman–Crippen MR) is 62.1 cm³/mol. The summed E-state index contributed by atoms with van der Waals surface area (Å²) in [4.78, 5) is 10.6. The van der Waals surface area contributed by atoms with Gasteiger partial charge < -0.3 is 9.52 Å². The second-order valence-corrected chi connectivity index (χ2v) is 5.07. The molecular formula is C12H8F2O4S. The van der Waals surface area contributed by atoms with Crippen molar-refractivity contribution in [1.29, 1.82) is 0 Å². The van der Waals surface area contributed by atoms with Gasteiger partial charge in [-0.05, 0) is 29.8 Å². The highest BCUT2D eigenvalue weighted by Gasteiger charge is 2.14. The van der Waals surface area contributed by atoms with Gasteiger partial charge in [0.15, 0.2) is 5.09 Å². The number of carbonyl (C=O) groups is 1. The lowest BCUT2D eigenvalue weighted by Gasteiger charge is -2.01. The fourth-order valence-electron chi connectivity index (χ4n) is 1.47. The zero-order valence-corrected chi connectivity index (χ0v) is 10.2. The van der Waals surface area contributed by atoms with Gasteiger partial charge >= 0.3 is 5.97 Å². The maximum Gasteiger partial charge on any atom is 0.371 e. The molecule has 1 aromatic carbocycles. The third-order valence-electron chi connectivity index (χ3n) is 2.24. The zero-order valence-electron chi connectivity index (χ0n) is 9.43. The van der Waals surface area contributed by atoms with Crippen LogP contribution in [0.4, 0.5) is 8.78 Å². The molecule has 0 aliphatic carbocycles. The van der Waals surface area contributed by atoms with Crippen molar-refractivity contribution in [3.05, 3.63) is 53.3 Å². The average Bonchev–Trinajstić information content (AvgIpc) is 2.76. The molecule has 2 aromatic rings. The Morgan fingerprint density at radius 1 is 1.21 bits per heavy atom. The van der Waals surface area contributed by atoms with Gasteiger partial charge in [-0.3, -0.25) is 4.21 Å². The second kappa shape index (κ2) is 5.31. The number of hydrogen-bond acceptors (Lipinski definition) is 3. The van der Waals surface area contributed by atoms with E-state index in [9.17, 15) is 17.8 Å². The Hall–Kier alpha value is -2.02. The van der Waals surface area contributed by atoms with E-state index in [1.165, 1.54) is 12.1 Å². The van der Waals surface area contributed by atoms with Crippen LogP contribution in [0, 0.1) is 11.6 Å². The largest absolute Gasteiger partial charge is 0.475 e. The fraction of sp³-hybridized carbons (Fsp3) is 0.0833. The molecule has 1 aromatic heterocycles. The van der Waals surface area contributed by atoms with E-state index in [0.29, 0.717) is 6.07 Å². The third-order valence-corrected chi connectivity index (χ3v) is 3.50. The highest BCUT2D eigenvalue weighted by atomic mass is 32.2. The lowest BCUT2D eigenvalue weighted by atomic mass is 10.2. The summed E-state index contributed by atoms with van der Waals surface area (Å²) < 4.78 is 42.6. The first-order chi connectivity index (χ1) is 8.95. The number of benzene rings is 1. The first-order valence-electron chi connectivity index (χ1n) is 5.12. The summed E-state index contributed by atoms with van der Waals surface area (Å²) in [6.45, 7) is 0. The average molecular weight is 286 g/mol. The van der Waals surface area contributed by atoms with E-state index >= 15 is 0 Å². The molecule has 0 fully saturated rings. The van der Waals surface area contributed by atoms with Crippen LogP contribution >= 0.6 is 0 Å². The van der Waals surface area contributed by atoms with Crippen LogP contribution in [0.25, 0.3) is 0 Å². The van der Waals surface area contributed by atoms with E-state index in [1.54, 1.807) is 0 Å². The van der Waals surface area contributed by atoms with Gasteiger partial charge in [-0.2, -0.15) is 0 Å². The van der Waals surface area contributed by atoms with Gasteiger partial charge in [0.25, 0.3) is 0 Å². The fourth-order valence-corrected chi connectivity index (χ4v) is 2.49. The molecule has 0 bridgehead atoms. The topological polar surface area (TPSA) is 67.5 Å². The molecule has 1 atom stereocenters. The molecule has 2 rings (SSSR count). The zero-order chi connectivity index (χ0) is 14.0. The van der Waals surface area contributed by atoms with Crippen LogP contribution in [0.1, 0.15) is 16.1 Å². The number of carboxylic acids is 1. The Morgan fingerprint density at radius 3 is 2.37 bits per heavy atom. The molecule has 19 heavy (non-hydrogen) atoms. The van der Waals surface area contributed by atoms with E-state index in [1.807, 2.05) is 0 Å². The van der Waals surface area contributed by atoms with Crippen molar-refractivity contribution in [3.63, 3.8) is 0 Å². The molecule has 4 nitrogen and oxygen atoms in total. The minimum atomic E-state index is -1.71. The summed E-state index contributed by atoms with van der Waals surface area (Å²) in [6, 6.07) is 5.25. The molecule has 0 amide bonds. The molecular weight excluding hydrogens is 278 g/mol. The van der Waals surface area contributed by atoms with Crippen molar-refractivity contribution in [2.75, 3.05) is 0 Å². The van der Waals surface area contributed by atoms with Gasteiger partial charge in [0.1, 0.15) is 11.6 Å². The standard InChI is InChI=1S/C12H8F2O4S/c13-8-3-7(4-9(14)5-8)6-19(17)11-2-1-10(18-11)12(15)16/h1-5H,6H2,(H,15,16). The minimum Gasteiger partial charge on any atom is -0.475 e. The van der Waals surface area contributed by atoms with Crippen LogP contribution in [0.3, 0.4) is 0 Å². The smallest absolute Gasteiger partial charge is 0.371 e. The SMILES string of the molecule is O=C(O)c1ccc(S(=O)Cc2cc(F)cc(F)c2)o1. The van der Waals surface area contributed by atoms with E-state index in [0.717, 1.165) is 12.1 Å². The van der Waals surface area contributed by atoms with Crippen molar-refractivity contribution in [3.8, 4) is 0 Å². The van der Waals surface area contributed by atoms with Gasteiger partial charge in [0, 0.05) is 6.07 Å². The summed E-state index contributed by atoms with van der Waals surface area (Å²) in [7, 11) is -1.71. The first kappa shape index (κ1) is 13.4. The second-order valence-electron chi connectivity index (χ2n) is 3.69. The summed E-state index contributed by atoms with van der Waals surface area (Å²) >= 11 is 0. The quantitative estimate of drug-likeness (QED) is 0.938. The van der Waals surface area contributed by atoms with Crippen LogP contribution in [-0.4, -0.2) is 15.3 Å². The van der Waals surface area contributed by atoms with Gasteiger partial charge in [0.2, 0.25) is 5.76 Å². The summed E-state index contributed by atoms with van der Waals surface area (Å²) in [5.41, 5.74) is 0.198. The highest BCUT2D eigenvalue weighted by Crippen LogP contribution is 2.17. The van der Waals surface area contributed by atoms with E-state index in [2.05, 4.69) is 0 Å². The number of carboxylic acid groups (broad SMARTS) is 1. The van der Waals surface area contributed by atoms with Crippen molar-refractivity contribution in [2.24, 2.45) is 0 Å². The number of furan rings is 1. The van der Waals surface area contributed by atoms with Gasteiger partial charge in [0.05, 0.1) is 16.6 Å². The highest BCUT2D eigenvalue weighted by molar-refractivity contribution is 7.84. The van der Waals surface area contributed by atoms with Crippen LogP contribution in [0.2, 0.25) is 0 Å². The normalized spacial score (nSPS) is 12.3. The van der Waals surface area contributed by atoms with Crippen molar-refractivity contribution >= 4 is 16.8 Å². The molecule has 0 saturated heterocycles. The van der Waals surface area contributed by atoms with Gasteiger partial charge in [-0.1, -0.05) is 0 Å². The molecule has 0 radical (unpaired) electrons. The van der Waals surface area contributed by atoms with Gasteiger partial charge in [-0.15, -0.1) is 0 Å². The molecule has 1 unspecified atom stereocenters. The van der Waals surface area contributed by atoms with Crippen LogP contribution in [-0.2, 0) is 16.6 Å². The summed E-state index contributed by atoms with van der Waals surface area (Å²) in [6.07, 6.45) is 0. The van der Waals surface area contributed by atoms with Crippen LogP contribution in [0.5, 0.6) is 0 Å². The third kappa shape index (κ3) is 3.25. The minimum absolute atomic E-state index is 0.0536. The number of rotatable bonds is 4. The van der Waals surface area contributed by atoms with Gasteiger partial charge in [-0.25, -0.2) is 13.6 Å². The molecule has 0 saturated carbocycles. The molecule has 7 heteroatoms. The maximum absolute atomic E-state index is 13.0. The molecule has 100 valence electrons. The monoisotopic (exact) mass is 286 g/mol. The lowest BCUT2D eigenvalue weighted by Crippen LogP contribution is -1.97. The molecule has 0 aliphatic heterocycles. The molecule has 0 spiro atoms. The first-order valence-corrected chi connectivity index (χ1v) is 6.44. The Bertz CT molecular complexity index is 631. The number of halogens is 2. The Balaban J connectivity index is 2.18. The van der Waals surface area contributed by atoms with Crippen molar-refractivity contribution in [2.45, 2.75) is 10.8 Å². The van der Waals surface area contributed by atoms with Crippen LogP contribution < -0.4 is 0 Å². The lowest BCUT2D eigenvalue weighted by molar-refractivity contribution is 0.0656.